The van der Waals surface area contributed by atoms with Crippen molar-refractivity contribution in [2.75, 3.05) is 0 Å². The summed E-state index contributed by atoms with van der Waals surface area (Å²) in [5.74, 6) is 0. The van der Waals surface area contributed by atoms with Gasteiger partial charge in [0.15, 0.2) is 0 Å². The minimum absolute atomic E-state index is 0.236. The Morgan fingerprint density at radius 3 is 2.91 bits per heavy atom. The number of hydrogen-bond donors (Lipinski definition) is 0. The molecular weight excluding hydrogens is 164 g/mol. The van der Waals surface area contributed by atoms with Gasteiger partial charge in [-0.2, -0.15) is 4.98 Å². The van der Waals surface area contributed by atoms with Crippen LogP contribution in [0.5, 0.6) is 0 Å². The Balaban J connectivity index is 2.48. The summed E-state index contributed by atoms with van der Waals surface area (Å²) in [6, 6.07) is 2.02. The highest BCUT2D eigenvalue weighted by atomic mass is 35.5. The molecule has 0 unspecified atom stereocenters. The van der Waals surface area contributed by atoms with Gasteiger partial charge in [-0.1, -0.05) is 11.6 Å². The molecule has 4 heteroatoms. The number of hydrogen-bond acceptors (Lipinski definition) is 2. The van der Waals surface area contributed by atoms with E-state index in [9.17, 15) is 4.79 Å². The first-order valence-electron chi connectivity index (χ1n) is 3.52. The summed E-state index contributed by atoms with van der Waals surface area (Å²) in [5.41, 5.74) is -0.236. The van der Waals surface area contributed by atoms with Gasteiger partial charge in [-0.05, 0) is 18.9 Å². The predicted molar refractivity (Wildman–Crippen MR) is 41.8 cm³/mol. The smallest absolute Gasteiger partial charge is 0.296 e. The summed E-state index contributed by atoms with van der Waals surface area (Å²) in [6.07, 6.45) is 3.88. The molecule has 1 aromatic heterocycles. The SMILES string of the molecule is O=c1nc(Cl)ccn1C1CC1. The molecule has 0 spiro atoms. The highest BCUT2D eigenvalue weighted by Gasteiger charge is 2.24. The van der Waals surface area contributed by atoms with Crippen molar-refractivity contribution in [2.24, 2.45) is 0 Å². The predicted octanol–water partition coefficient (Wildman–Crippen LogP) is 1.23. The summed E-state index contributed by atoms with van der Waals surface area (Å²) < 4.78 is 1.63. The van der Waals surface area contributed by atoms with E-state index in [1.54, 1.807) is 16.8 Å². The van der Waals surface area contributed by atoms with Crippen molar-refractivity contribution >= 4 is 11.6 Å². The molecular formula is C7H7ClN2O. The molecule has 11 heavy (non-hydrogen) atoms. The first-order chi connectivity index (χ1) is 5.27. The van der Waals surface area contributed by atoms with Gasteiger partial charge < -0.3 is 0 Å². The van der Waals surface area contributed by atoms with Crippen LogP contribution in [0.4, 0.5) is 0 Å². The van der Waals surface area contributed by atoms with Crippen LogP contribution in [0.3, 0.4) is 0 Å². The maximum Gasteiger partial charge on any atom is 0.349 e. The van der Waals surface area contributed by atoms with E-state index < -0.39 is 0 Å². The quantitative estimate of drug-likeness (QED) is 0.595. The van der Waals surface area contributed by atoms with Gasteiger partial charge in [0.25, 0.3) is 0 Å². The molecule has 1 heterocycles. The second-order valence-electron chi connectivity index (χ2n) is 2.67. The standard InChI is InChI=1S/C7H7ClN2O/c8-6-3-4-10(5-1-2-5)7(11)9-6/h3-5H,1-2H2. The van der Waals surface area contributed by atoms with Gasteiger partial charge in [0.2, 0.25) is 0 Å². The van der Waals surface area contributed by atoms with Crippen LogP contribution in [-0.2, 0) is 0 Å². The zero-order chi connectivity index (χ0) is 7.84. The van der Waals surface area contributed by atoms with Crippen molar-refractivity contribution in [3.8, 4) is 0 Å². The molecule has 0 radical (unpaired) electrons. The minimum Gasteiger partial charge on any atom is -0.296 e. The molecule has 0 amide bonds. The summed E-state index contributed by atoms with van der Waals surface area (Å²) in [5, 5.41) is 0.270. The Hall–Kier alpha value is -0.830. The molecule has 1 fully saturated rings. The largest absolute Gasteiger partial charge is 0.349 e. The monoisotopic (exact) mass is 170 g/mol. The van der Waals surface area contributed by atoms with Crippen molar-refractivity contribution in [3.63, 3.8) is 0 Å². The van der Waals surface area contributed by atoms with E-state index in [-0.39, 0.29) is 10.8 Å². The highest BCUT2D eigenvalue weighted by Crippen LogP contribution is 2.32. The molecule has 58 valence electrons. The van der Waals surface area contributed by atoms with Crippen molar-refractivity contribution in [1.82, 2.24) is 9.55 Å². The fourth-order valence-corrected chi connectivity index (χ4v) is 1.15. The summed E-state index contributed by atoms with van der Waals surface area (Å²) in [6.45, 7) is 0. The Kier molecular flexibility index (Phi) is 1.46. The number of aromatic nitrogens is 2. The first kappa shape index (κ1) is 6.85. The average molecular weight is 171 g/mol. The third-order valence-electron chi connectivity index (χ3n) is 1.74. The molecule has 1 aliphatic carbocycles. The fraction of sp³-hybridized carbons (Fsp3) is 0.429. The van der Waals surface area contributed by atoms with Crippen LogP contribution in [0.1, 0.15) is 18.9 Å². The topological polar surface area (TPSA) is 34.9 Å². The van der Waals surface area contributed by atoms with E-state index in [1.165, 1.54) is 0 Å². The molecule has 0 N–H and O–H groups in total. The second kappa shape index (κ2) is 2.34. The van der Waals surface area contributed by atoms with Crippen molar-refractivity contribution in [1.29, 1.82) is 0 Å². The van der Waals surface area contributed by atoms with Crippen LogP contribution in [0.25, 0.3) is 0 Å². The molecule has 0 bridgehead atoms. The Morgan fingerprint density at radius 1 is 1.64 bits per heavy atom. The van der Waals surface area contributed by atoms with E-state index in [2.05, 4.69) is 4.98 Å². The lowest BCUT2D eigenvalue weighted by Gasteiger charge is -1.99. The second-order valence-corrected chi connectivity index (χ2v) is 3.06. The van der Waals surface area contributed by atoms with Gasteiger partial charge in [-0.3, -0.25) is 4.57 Å². The normalized spacial score (nSPS) is 16.8. The van der Waals surface area contributed by atoms with Gasteiger partial charge in [0, 0.05) is 12.2 Å². The number of rotatable bonds is 1. The Bertz CT molecular complexity index is 329. The van der Waals surface area contributed by atoms with E-state index in [0.717, 1.165) is 12.8 Å². The van der Waals surface area contributed by atoms with Crippen LogP contribution in [0, 0.1) is 0 Å². The Morgan fingerprint density at radius 2 is 2.36 bits per heavy atom. The molecule has 0 saturated heterocycles. The van der Waals surface area contributed by atoms with Gasteiger partial charge in [0.05, 0.1) is 0 Å². The van der Waals surface area contributed by atoms with Crippen LogP contribution < -0.4 is 5.69 Å². The van der Waals surface area contributed by atoms with Crippen LogP contribution in [-0.4, -0.2) is 9.55 Å². The van der Waals surface area contributed by atoms with Gasteiger partial charge in [0.1, 0.15) is 5.15 Å². The summed E-state index contributed by atoms with van der Waals surface area (Å²) in [4.78, 5) is 14.7. The van der Waals surface area contributed by atoms with E-state index in [4.69, 9.17) is 11.6 Å². The first-order valence-corrected chi connectivity index (χ1v) is 3.90. The lowest BCUT2D eigenvalue weighted by atomic mass is 10.6. The highest BCUT2D eigenvalue weighted by molar-refractivity contribution is 6.29. The third-order valence-corrected chi connectivity index (χ3v) is 1.95. The zero-order valence-electron chi connectivity index (χ0n) is 5.83. The van der Waals surface area contributed by atoms with E-state index in [0.29, 0.717) is 6.04 Å². The van der Waals surface area contributed by atoms with Crippen molar-refractivity contribution < 1.29 is 0 Å². The number of nitrogens with zero attached hydrogens (tertiary/aromatic N) is 2. The van der Waals surface area contributed by atoms with Gasteiger partial charge >= 0.3 is 5.69 Å². The minimum atomic E-state index is -0.236. The van der Waals surface area contributed by atoms with Crippen LogP contribution in [0.2, 0.25) is 5.15 Å². The molecule has 0 atom stereocenters. The van der Waals surface area contributed by atoms with Crippen LogP contribution >= 0.6 is 11.6 Å². The number of halogens is 1. The van der Waals surface area contributed by atoms with E-state index in [1.807, 2.05) is 0 Å². The third kappa shape index (κ3) is 1.28. The van der Waals surface area contributed by atoms with Crippen molar-refractivity contribution in [3.05, 3.63) is 27.9 Å². The van der Waals surface area contributed by atoms with Crippen LogP contribution in [0.15, 0.2) is 17.1 Å². The lowest BCUT2D eigenvalue weighted by molar-refractivity contribution is 0.681. The van der Waals surface area contributed by atoms with Gasteiger partial charge in [-0.15, -0.1) is 0 Å². The van der Waals surface area contributed by atoms with E-state index >= 15 is 0 Å². The molecule has 1 aliphatic rings. The lowest BCUT2D eigenvalue weighted by Crippen LogP contribution is -2.20. The molecule has 0 aromatic carbocycles. The Labute approximate surface area is 68.6 Å². The summed E-state index contributed by atoms with van der Waals surface area (Å²) in [7, 11) is 0. The molecule has 1 aromatic rings. The van der Waals surface area contributed by atoms with Gasteiger partial charge in [-0.25, -0.2) is 4.79 Å². The van der Waals surface area contributed by atoms with Crippen molar-refractivity contribution in [2.45, 2.75) is 18.9 Å². The molecule has 2 rings (SSSR count). The fourth-order valence-electron chi connectivity index (χ4n) is 1.02. The molecule has 1 saturated carbocycles. The average Bonchev–Trinajstić information content (AvgIpc) is 2.70. The maximum atomic E-state index is 11.1. The summed E-state index contributed by atoms with van der Waals surface area (Å²) >= 11 is 5.52. The maximum absolute atomic E-state index is 11.1. The molecule has 0 aliphatic heterocycles. The zero-order valence-corrected chi connectivity index (χ0v) is 6.58. The molecule has 3 nitrogen and oxygen atoms in total.